The van der Waals surface area contributed by atoms with Gasteiger partial charge < -0.3 is 9.47 Å². The smallest absolute Gasteiger partial charge is 0.160 e. The van der Waals surface area contributed by atoms with Crippen molar-refractivity contribution in [2.45, 2.75) is 6.92 Å². The SMILES string of the molecule is COc1ccc(OC)c(-c2ccccc2C(C)=O)c1. The molecule has 0 N–H and O–H groups in total. The van der Waals surface area contributed by atoms with Gasteiger partial charge in [0.2, 0.25) is 0 Å². The summed E-state index contributed by atoms with van der Waals surface area (Å²) in [5, 5.41) is 0. The molecule has 3 heteroatoms. The molecule has 0 fully saturated rings. The lowest BCUT2D eigenvalue weighted by Crippen LogP contribution is -1.97. The molecule has 98 valence electrons. The maximum atomic E-state index is 11.7. The molecule has 0 aliphatic heterocycles. The summed E-state index contributed by atoms with van der Waals surface area (Å²) in [6, 6.07) is 13.0. The van der Waals surface area contributed by atoms with E-state index in [0.29, 0.717) is 5.56 Å². The van der Waals surface area contributed by atoms with Gasteiger partial charge in [0.05, 0.1) is 14.2 Å². The van der Waals surface area contributed by atoms with E-state index in [1.165, 1.54) is 0 Å². The fourth-order valence-electron chi connectivity index (χ4n) is 2.05. The normalized spacial score (nSPS) is 10.1. The Labute approximate surface area is 112 Å². The topological polar surface area (TPSA) is 35.5 Å². The van der Waals surface area contributed by atoms with E-state index < -0.39 is 0 Å². The number of hydrogen-bond acceptors (Lipinski definition) is 3. The van der Waals surface area contributed by atoms with E-state index in [-0.39, 0.29) is 5.78 Å². The zero-order valence-electron chi connectivity index (χ0n) is 11.3. The van der Waals surface area contributed by atoms with Crippen LogP contribution in [0.4, 0.5) is 0 Å². The molecule has 0 unspecified atom stereocenters. The fraction of sp³-hybridized carbons (Fsp3) is 0.188. The summed E-state index contributed by atoms with van der Waals surface area (Å²) in [6.45, 7) is 1.56. The molecule has 0 amide bonds. The number of carbonyl (C=O) groups is 1. The monoisotopic (exact) mass is 256 g/mol. The van der Waals surface area contributed by atoms with Gasteiger partial charge in [0, 0.05) is 11.1 Å². The number of Topliss-reactive ketones (excluding diaryl/α,β-unsaturated/α-hetero) is 1. The maximum Gasteiger partial charge on any atom is 0.160 e. The molecule has 2 aromatic carbocycles. The van der Waals surface area contributed by atoms with Crippen LogP contribution in [0, 0.1) is 0 Å². The van der Waals surface area contributed by atoms with Gasteiger partial charge in [-0.1, -0.05) is 24.3 Å². The predicted molar refractivity (Wildman–Crippen MR) is 75.0 cm³/mol. The summed E-state index contributed by atoms with van der Waals surface area (Å²) in [4.78, 5) is 11.7. The summed E-state index contributed by atoms with van der Waals surface area (Å²) in [7, 11) is 3.23. The van der Waals surface area contributed by atoms with E-state index in [4.69, 9.17) is 9.47 Å². The van der Waals surface area contributed by atoms with Crippen LogP contribution < -0.4 is 9.47 Å². The van der Waals surface area contributed by atoms with Crippen molar-refractivity contribution < 1.29 is 14.3 Å². The minimum Gasteiger partial charge on any atom is -0.497 e. The Morgan fingerprint density at radius 1 is 0.947 bits per heavy atom. The Kier molecular flexibility index (Phi) is 3.85. The van der Waals surface area contributed by atoms with Gasteiger partial charge in [-0.15, -0.1) is 0 Å². The molecular formula is C16H16O3. The van der Waals surface area contributed by atoms with Gasteiger partial charge in [0.15, 0.2) is 5.78 Å². The van der Waals surface area contributed by atoms with Crippen LogP contribution in [0.2, 0.25) is 0 Å². The lowest BCUT2D eigenvalue weighted by atomic mass is 9.96. The summed E-state index contributed by atoms with van der Waals surface area (Å²) in [5.74, 6) is 1.48. The average Bonchev–Trinajstić information content (AvgIpc) is 2.46. The highest BCUT2D eigenvalue weighted by molar-refractivity contribution is 6.01. The number of hydrogen-bond donors (Lipinski definition) is 0. The molecule has 0 aromatic heterocycles. The van der Waals surface area contributed by atoms with E-state index in [9.17, 15) is 4.79 Å². The minimum absolute atomic E-state index is 0.0282. The second-order valence-corrected chi connectivity index (χ2v) is 4.17. The largest absolute Gasteiger partial charge is 0.497 e. The third-order valence-electron chi connectivity index (χ3n) is 3.00. The van der Waals surface area contributed by atoms with Crippen molar-refractivity contribution in [1.82, 2.24) is 0 Å². The first-order valence-electron chi connectivity index (χ1n) is 5.99. The van der Waals surface area contributed by atoms with Crippen molar-refractivity contribution in [1.29, 1.82) is 0 Å². The van der Waals surface area contributed by atoms with Gasteiger partial charge in [-0.25, -0.2) is 0 Å². The van der Waals surface area contributed by atoms with Gasteiger partial charge in [0.25, 0.3) is 0 Å². The molecule has 19 heavy (non-hydrogen) atoms. The van der Waals surface area contributed by atoms with Crippen LogP contribution in [0.15, 0.2) is 42.5 Å². The highest BCUT2D eigenvalue weighted by atomic mass is 16.5. The molecule has 0 atom stereocenters. The van der Waals surface area contributed by atoms with Crippen molar-refractivity contribution in [2.75, 3.05) is 14.2 Å². The van der Waals surface area contributed by atoms with Crippen LogP contribution in [0.5, 0.6) is 11.5 Å². The Balaban J connectivity index is 2.66. The predicted octanol–water partition coefficient (Wildman–Crippen LogP) is 3.57. The standard InChI is InChI=1S/C16H16O3/c1-11(17)13-6-4-5-7-14(13)15-10-12(18-2)8-9-16(15)19-3/h4-10H,1-3H3. The Morgan fingerprint density at radius 2 is 1.68 bits per heavy atom. The minimum atomic E-state index is 0.0282. The molecule has 2 rings (SSSR count). The van der Waals surface area contributed by atoms with Crippen molar-refractivity contribution in [2.24, 2.45) is 0 Å². The number of benzene rings is 2. The second kappa shape index (κ2) is 5.57. The lowest BCUT2D eigenvalue weighted by Gasteiger charge is -2.13. The molecule has 0 bridgehead atoms. The summed E-state index contributed by atoms with van der Waals surface area (Å²) >= 11 is 0. The molecule has 0 aliphatic rings. The van der Waals surface area contributed by atoms with Gasteiger partial charge in [0.1, 0.15) is 11.5 Å². The van der Waals surface area contributed by atoms with Crippen LogP contribution >= 0.6 is 0 Å². The van der Waals surface area contributed by atoms with Crippen LogP contribution in [-0.2, 0) is 0 Å². The molecule has 0 radical (unpaired) electrons. The molecule has 0 saturated carbocycles. The van der Waals surface area contributed by atoms with E-state index >= 15 is 0 Å². The molecule has 2 aromatic rings. The highest BCUT2D eigenvalue weighted by Gasteiger charge is 2.13. The number of carbonyl (C=O) groups excluding carboxylic acids is 1. The Morgan fingerprint density at radius 3 is 2.32 bits per heavy atom. The van der Waals surface area contributed by atoms with Gasteiger partial charge in [-0.3, -0.25) is 4.79 Å². The van der Waals surface area contributed by atoms with Crippen LogP contribution in [0.1, 0.15) is 17.3 Å². The van der Waals surface area contributed by atoms with Crippen LogP contribution in [-0.4, -0.2) is 20.0 Å². The number of methoxy groups -OCH3 is 2. The summed E-state index contributed by atoms with van der Waals surface area (Å²) in [6.07, 6.45) is 0. The van der Waals surface area contributed by atoms with Gasteiger partial charge in [-0.2, -0.15) is 0 Å². The molecule has 0 spiro atoms. The fourth-order valence-corrected chi connectivity index (χ4v) is 2.05. The van der Waals surface area contributed by atoms with Crippen molar-refractivity contribution >= 4 is 5.78 Å². The third kappa shape index (κ3) is 2.60. The van der Waals surface area contributed by atoms with E-state index in [0.717, 1.165) is 22.6 Å². The van der Waals surface area contributed by atoms with Gasteiger partial charge >= 0.3 is 0 Å². The van der Waals surface area contributed by atoms with Gasteiger partial charge in [-0.05, 0) is 30.7 Å². The average molecular weight is 256 g/mol. The highest BCUT2D eigenvalue weighted by Crippen LogP contribution is 2.35. The molecule has 0 saturated heterocycles. The second-order valence-electron chi connectivity index (χ2n) is 4.17. The van der Waals surface area contributed by atoms with Crippen molar-refractivity contribution in [3.63, 3.8) is 0 Å². The first-order chi connectivity index (χ1) is 9.17. The van der Waals surface area contributed by atoms with E-state index in [2.05, 4.69) is 0 Å². The number of rotatable bonds is 4. The summed E-state index contributed by atoms with van der Waals surface area (Å²) in [5.41, 5.74) is 2.38. The van der Waals surface area contributed by atoms with Crippen LogP contribution in [0.25, 0.3) is 11.1 Å². The zero-order valence-corrected chi connectivity index (χ0v) is 11.3. The Hall–Kier alpha value is -2.29. The number of ether oxygens (including phenoxy) is 2. The number of ketones is 1. The molecular weight excluding hydrogens is 240 g/mol. The Bertz CT molecular complexity index is 603. The van der Waals surface area contributed by atoms with E-state index in [1.807, 2.05) is 42.5 Å². The molecule has 3 nitrogen and oxygen atoms in total. The van der Waals surface area contributed by atoms with Crippen LogP contribution in [0.3, 0.4) is 0 Å². The third-order valence-corrected chi connectivity index (χ3v) is 3.00. The zero-order chi connectivity index (χ0) is 13.8. The summed E-state index contributed by atoms with van der Waals surface area (Å²) < 4.78 is 10.6. The van der Waals surface area contributed by atoms with E-state index in [1.54, 1.807) is 21.1 Å². The molecule has 0 aliphatic carbocycles. The quantitative estimate of drug-likeness (QED) is 0.784. The first kappa shape index (κ1) is 13.1. The van der Waals surface area contributed by atoms with Crippen molar-refractivity contribution in [3.05, 3.63) is 48.0 Å². The maximum absolute atomic E-state index is 11.7. The molecule has 0 heterocycles. The first-order valence-corrected chi connectivity index (χ1v) is 5.99. The lowest BCUT2D eigenvalue weighted by molar-refractivity contribution is 0.101. The van der Waals surface area contributed by atoms with Crippen molar-refractivity contribution in [3.8, 4) is 22.6 Å².